The lowest BCUT2D eigenvalue weighted by Crippen LogP contribution is -2.20. The van der Waals surface area contributed by atoms with Crippen LogP contribution in [0.25, 0.3) is 12.2 Å². The molecule has 212 valence electrons. The van der Waals surface area contributed by atoms with Crippen LogP contribution < -0.4 is 8.37 Å². The van der Waals surface area contributed by atoms with Gasteiger partial charge in [-0.1, -0.05) is 86.7 Å². The van der Waals surface area contributed by atoms with Gasteiger partial charge in [0.2, 0.25) is 0 Å². The summed E-state index contributed by atoms with van der Waals surface area (Å²) in [7, 11) is -8.02. The Morgan fingerprint density at radius 2 is 0.927 bits per heavy atom. The van der Waals surface area contributed by atoms with Gasteiger partial charge in [-0.05, 0) is 73.5 Å². The fourth-order valence-corrected chi connectivity index (χ4v) is 6.27. The van der Waals surface area contributed by atoms with Crippen LogP contribution in [-0.4, -0.2) is 16.8 Å². The highest BCUT2D eigenvalue weighted by Gasteiger charge is 2.27. The Labute approximate surface area is 242 Å². The molecule has 0 unspecified atom stereocenters. The van der Waals surface area contributed by atoms with Crippen molar-refractivity contribution in [1.82, 2.24) is 0 Å². The van der Waals surface area contributed by atoms with Crippen molar-refractivity contribution >= 4 is 32.4 Å². The maximum Gasteiger partial charge on any atom is 0.339 e. The van der Waals surface area contributed by atoms with E-state index in [0.29, 0.717) is 11.1 Å². The van der Waals surface area contributed by atoms with Crippen LogP contribution in [0.2, 0.25) is 0 Å². The SMILES string of the molecule is C/C=C\c1cc(C(C)(C)c2ccc(OS(=O)(=O)c3ccccc3)c(/C=C\C)c2)ccc1OS(=O)(=O)c1ccccc1. The summed E-state index contributed by atoms with van der Waals surface area (Å²) in [5, 5.41) is 0. The molecule has 0 fully saturated rings. The van der Waals surface area contributed by atoms with Crippen LogP contribution in [0.3, 0.4) is 0 Å². The summed E-state index contributed by atoms with van der Waals surface area (Å²) in [5.74, 6) is 0.437. The predicted molar refractivity (Wildman–Crippen MR) is 163 cm³/mol. The van der Waals surface area contributed by atoms with E-state index in [2.05, 4.69) is 0 Å². The third-order valence-electron chi connectivity index (χ3n) is 6.62. The highest BCUT2D eigenvalue weighted by molar-refractivity contribution is 7.87. The average molecular weight is 589 g/mol. The normalized spacial score (nSPS) is 12.6. The van der Waals surface area contributed by atoms with E-state index < -0.39 is 25.7 Å². The molecule has 0 amide bonds. The van der Waals surface area contributed by atoms with Crippen molar-refractivity contribution in [3.05, 3.63) is 131 Å². The Balaban J connectivity index is 1.70. The number of hydrogen-bond donors (Lipinski definition) is 0. The Morgan fingerprint density at radius 3 is 1.27 bits per heavy atom. The van der Waals surface area contributed by atoms with E-state index in [1.807, 2.05) is 64.1 Å². The second-order valence-electron chi connectivity index (χ2n) is 9.83. The van der Waals surface area contributed by atoms with Gasteiger partial charge in [-0.2, -0.15) is 16.8 Å². The molecule has 6 nitrogen and oxygen atoms in total. The minimum absolute atomic E-state index is 0.0731. The fraction of sp³-hybridized carbons (Fsp3) is 0.152. The van der Waals surface area contributed by atoms with Gasteiger partial charge in [0, 0.05) is 16.5 Å². The summed E-state index contributed by atoms with van der Waals surface area (Å²) < 4.78 is 62.6. The highest BCUT2D eigenvalue weighted by atomic mass is 32.2. The van der Waals surface area contributed by atoms with Gasteiger partial charge in [-0.15, -0.1) is 0 Å². The lowest BCUT2D eigenvalue weighted by Gasteiger charge is -2.28. The van der Waals surface area contributed by atoms with Crippen molar-refractivity contribution in [3.8, 4) is 11.5 Å². The van der Waals surface area contributed by atoms with E-state index in [-0.39, 0.29) is 21.3 Å². The number of hydrogen-bond acceptors (Lipinski definition) is 6. The number of allylic oxidation sites excluding steroid dienone is 2. The third-order valence-corrected chi connectivity index (χ3v) is 9.12. The zero-order valence-corrected chi connectivity index (χ0v) is 24.9. The monoisotopic (exact) mass is 588 g/mol. The Bertz CT molecular complexity index is 1660. The molecule has 0 atom stereocenters. The molecule has 0 aliphatic rings. The maximum atomic E-state index is 12.9. The molecule has 0 spiro atoms. The Kier molecular flexibility index (Phi) is 8.85. The Morgan fingerprint density at radius 1 is 0.561 bits per heavy atom. The molecule has 4 aromatic carbocycles. The first-order chi connectivity index (χ1) is 19.5. The summed E-state index contributed by atoms with van der Waals surface area (Å²) in [6.07, 6.45) is 7.23. The average Bonchev–Trinajstić information content (AvgIpc) is 2.96. The van der Waals surface area contributed by atoms with Crippen LogP contribution in [0.5, 0.6) is 11.5 Å². The molecule has 0 N–H and O–H groups in total. The minimum atomic E-state index is -4.01. The van der Waals surface area contributed by atoms with E-state index in [1.54, 1.807) is 60.7 Å². The molecule has 0 aliphatic heterocycles. The Hall–Kier alpha value is -4.14. The zero-order valence-electron chi connectivity index (χ0n) is 23.3. The molecular formula is C33H32O6S2. The first-order valence-electron chi connectivity index (χ1n) is 13.0. The van der Waals surface area contributed by atoms with Crippen molar-refractivity contribution in [2.45, 2.75) is 42.9 Å². The van der Waals surface area contributed by atoms with E-state index >= 15 is 0 Å². The molecule has 0 aliphatic carbocycles. The van der Waals surface area contributed by atoms with Gasteiger partial charge in [0.15, 0.2) is 0 Å². The molecule has 4 aromatic rings. The van der Waals surface area contributed by atoms with Crippen molar-refractivity contribution in [2.75, 3.05) is 0 Å². The molecule has 0 heterocycles. The summed E-state index contributed by atoms with van der Waals surface area (Å²) in [6, 6.07) is 26.8. The van der Waals surface area contributed by atoms with Gasteiger partial charge in [0.1, 0.15) is 21.3 Å². The van der Waals surface area contributed by atoms with Crippen LogP contribution in [0.1, 0.15) is 49.9 Å². The molecule has 0 saturated heterocycles. The van der Waals surface area contributed by atoms with E-state index in [4.69, 9.17) is 8.37 Å². The second kappa shape index (κ2) is 12.2. The standard InChI is InChI=1S/C33H32O6S2/c1-5-13-25-23-27(19-21-31(25)38-40(34,35)29-15-9-7-10-16-29)33(3,4)28-20-22-32(26(24-28)14-6-2)39-41(36,37)30-17-11-8-12-18-30/h5-24H,1-4H3/b13-5-,14-6-. The molecule has 8 heteroatoms. The highest BCUT2D eigenvalue weighted by Crippen LogP contribution is 2.38. The smallest absolute Gasteiger partial charge is 0.339 e. The zero-order chi connectivity index (χ0) is 29.7. The summed E-state index contributed by atoms with van der Waals surface area (Å²) in [6.45, 7) is 7.77. The van der Waals surface area contributed by atoms with Gasteiger partial charge in [0.05, 0.1) is 0 Å². The maximum absolute atomic E-state index is 12.9. The predicted octanol–water partition coefficient (Wildman–Crippen LogP) is 7.61. The van der Waals surface area contributed by atoms with Crippen molar-refractivity contribution in [3.63, 3.8) is 0 Å². The molecule has 0 bridgehead atoms. The molecule has 0 saturated carbocycles. The van der Waals surface area contributed by atoms with Gasteiger partial charge in [0.25, 0.3) is 0 Å². The van der Waals surface area contributed by atoms with Crippen LogP contribution in [0.4, 0.5) is 0 Å². The molecule has 0 aromatic heterocycles. The number of benzene rings is 4. The van der Waals surface area contributed by atoms with Gasteiger partial charge in [-0.3, -0.25) is 0 Å². The molecule has 41 heavy (non-hydrogen) atoms. The van der Waals surface area contributed by atoms with Gasteiger partial charge in [-0.25, -0.2) is 0 Å². The van der Waals surface area contributed by atoms with Gasteiger partial charge < -0.3 is 8.37 Å². The van der Waals surface area contributed by atoms with E-state index in [1.165, 1.54) is 24.3 Å². The first-order valence-corrected chi connectivity index (χ1v) is 15.8. The van der Waals surface area contributed by atoms with Crippen molar-refractivity contribution < 1.29 is 25.2 Å². The van der Waals surface area contributed by atoms with Gasteiger partial charge >= 0.3 is 20.2 Å². The largest absolute Gasteiger partial charge is 0.378 e. The van der Waals surface area contributed by atoms with Crippen molar-refractivity contribution in [2.24, 2.45) is 0 Å². The summed E-state index contributed by atoms with van der Waals surface area (Å²) in [4.78, 5) is 0.146. The molecule has 4 rings (SSSR count). The van der Waals surface area contributed by atoms with E-state index in [9.17, 15) is 16.8 Å². The van der Waals surface area contributed by atoms with Crippen LogP contribution in [0, 0.1) is 0 Å². The first kappa shape index (κ1) is 29.8. The molecule has 0 radical (unpaired) electrons. The second-order valence-corrected chi connectivity index (χ2v) is 12.9. The molecular weight excluding hydrogens is 556 g/mol. The summed E-state index contributed by atoms with van der Waals surface area (Å²) >= 11 is 0. The van der Waals surface area contributed by atoms with Crippen LogP contribution >= 0.6 is 0 Å². The number of rotatable bonds is 10. The van der Waals surface area contributed by atoms with E-state index in [0.717, 1.165) is 11.1 Å². The minimum Gasteiger partial charge on any atom is -0.378 e. The lowest BCUT2D eigenvalue weighted by molar-refractivity contribution is 0.483. The third kappa shape index (κ3) is 6.78. The van der Waals surface area contributed by atoms with Crippen molar-refractivity contribution in [1.29, 1.82) is 0 Å². The summed E-state index contributed by atoms with van der Waals surface area (Å²) in [5.41, 5.74) is 2.50. The lowest BCUT2D eigenvalue weighted by atomic mass is 9.77. The topological polar surface area (TPSA) is 86.7 Å². The van der Waals surface area contributed by atoms with Crippen LogP contribution in [0.15, 0.2) is 119 Å². The van der Waals surface area contributed by atoms with Crippen LogP contribution in [-0.2, 0) is 25.7 Å². The quantitative estimate of drug-likeness (QED) is 0.177. The fourth-order valence-electron chi connectivity index (χ4n) is 4.32.